The van der Waals surface area contributed by atoms with Crippen molar-refractivity contribution in [3.05, 3.63) is 82.2 Å². The standard InChI is InChI=1S/C26H19N5O3S/c1-14-12-18(34-25-17(13-27)6-4-10-28-25)8-9-19(14)30-24(32)22-15(2)21-16(3)29-23(31-26(21)35-22)20-7-5-11-33-20/h4-12H,1-3H3,(H,30,32). The van der Waals surface area contributed by atoms with E-state index in [-0.39, 0.29) is 11.8 Å². The van der Waals surface area contributed by atoms with Crippen molar-refractivity contribution < 1.29 is 13.9 Å². The van der Waals surface area contributed by atoms with Gasteiger partial charge in [0.25, 0.3) is 5.91 Å². The molecule has 35 heavy (non-hydrogen) atoms. The Balaban J connectivity index is 1.40. The molecule has 1 amide bonds. The molecule has 0 spiro atoms. The molecule has 0 aliphatic carbocycles. The van der Waals surface area contributed by atoms with E-state index in [4.69, 9.17) is 9.15 Å². The van der Waals surface area contributed by atoms with Crippen molar-refractivity contribution in [2.75, 3.05) is 5.32 Å². The number of rotatable bonds is 5. The van der Waals surface area contributed by atoms with E-state index in [1.165, 1.54) is 11.3 Å². The lowest BCUT2D eigenvalue weighted by molar-refractivity contribution is 0.103. The van der Waals surface area contributed by atoms with E-state index in [0.717, 1.165) is 27.0 Å². The summed E-state index contributed by atoms with van der Waals surface area (Å²) < 4.78 is 11.2. The van der Waals surface area contributed by atoms with Crippen LogP contribution in [0, 0.1) is 32.1 Å². The van der Waals surface area contributed by atoms with Crippen LogP contribution >= 0.6 is 11.3 Å². The molecule has 1 aromatic carbocycles. The lowest BCUT2D eigenvalue weighted by atomic mass is 10.1. The predicted molar refractivity (Wildman–Crippen MR) is 133 cm³/mol. The first kappa shape index (κ1) is 22.3. The maximum absolute atomic E-state index is 13.2. The number of carbonyl (C=O) groups is 1. The van der Waals surface area contributed by atoms with Gasteiger partial charge < -0.3 is 14.5 Å². The highest BCUT2D eigenvalue weighted by Gasteiger charge is 2.21. The first-order valence-corrected chi connectivity index (χ1v) is 11.5. The van der Waals surface area contributed by atoms with Gasteiger partial charge in [0.2, 0.25) is 5.88 Å². The zero-order valence-corrected chi connectivity index (χ0v) is 19.9. The highest BCUT2D eigenvalue weighted by atomic mass is 32.1. The second-order valence-corrected chi connectivity index (χ2v) is 8.85. The first-order valence-electron chi connectivity index (χ1n) is 10.7. The van der Waals surface area contributed by atoms with Crippen LogP contribution in [0.4, 0.5) is 5.69 Å². The molecular weight excluding hydrogens is 462 g/mol. The third-order valence-electron chi connectivity index (χ3n) is 5.47. The van der Waals surface area contributed by atoms with Crippen LogP contribution in [0.25, 0.3) is 21.8 Å². The number of thiophene rings is 1. The van der Waals surface area contributed by atoms with E-state index in [2.05, 4.69) is 26.3 Å². The molecule has 5 aromatic rings. The summed E-state index contributed by atoms with van der Waals surface area (Å²) in [6.45, 7) is 5.68. The number of pyridine rings is 1. The molecular formula is C26H19N5O3S. The van der Waals surface area contributed by atoms with E-state index in [1.54, 1.807) is 54.9 Å². The van der Waals surface area contributed by atoms with Gasteiger partial charge in [0.1, 0.15) is 22.2 Å². The topological polar surface area (TPSA) is 114 Å². The van der Waals surface area contributed by atoms with Gasteiger partial charge in [0.05, 0.1) is 16.8 Å². The van der Waals surface area contributed by atoms with E-state index in [0.29, 0.717) is 33.5 Å². The monoisotopic (exact) mass is 481 g/mol. The Morgan fingerprint density at radius 3 is 2.74 bits per heavy atom. The third kappa shape index (κ3) is 4.23. The third-order valence-corrected chi connectivity index (χ3v) is 6.66. The van der Waals surface area contributed by atoms with Gasteiger partial charge >= 0.3 is 0 Å². The molecule has 0 atom stereocenters. The van der Waals surface area contributed by atoms with Gasteiger partial charge in [0, 0.05) is 17.3 Å². The number of fused-ring (bicyclic) bond motifs is 1. The quantitative estimate of drug-likeness (QED) is 0.318. The van der Waals surface area contributed by atoms with Gasteiger partial charge in [-0.2, -0.15) is 5.26 Å². The molecule has 4 heterocycles. The Bertz CT molecular complexity index is 1620. The van der Waals surface area contributed by atoms with Crippen molar-refractivity contribution >= 4 is 33.1 Å². The van der Waals surface area contributed by atoms with E-state index >= 15 is 0 Å². The summed E-state index contributed by atoms with van der Waals surface area (Å²) in [6.07, 6.45) is 3.14. The maximum Gasteiger partial charge on any atom is 0.266 e. The molecule has 0 saturated heterocycles. The molecule has 0 aliphatic rings. The normalized spacial score (nSPS) is 10.8. The number of aryl methyl sites for hydroxylation is 3. The second kappa shape index (κ2) is 9.00. The zero-order valence-electron chi connectivity index (χ0n) is 19.1. The fraction of sp³-hybridized carbons (Fsp3) is 0.115. The average molecular weight is 482 g/mol. The highest BCUT2D eigenvalue weighted by Crippen LogP contribution is 2.34. The summed E-state index contributed by atoms with van der Waals surface area (Å²) in [4.78, 5) is 27.8. The Labute approximate surface area is 204 Å². The van der Waals surface area contributed by atoms with Crippen molar-refractivity contribution in [1.82, 2.24) is 15.0 Å². The molecule has 0 aliphatic heterocycles. The van der Waals surface area contributed by atoms with Crippen LogP contribution in [-0.4, -0.2) is 20.9 Å². The Hall–Kier alpha value is -4.55. The summed E-state index contributed by atoms with van der Waals surface area (Å²) in [5.41, 5.74) is 3.43. The number of anilines is 1. The Morgan fingerprint density at radius 2 is 2.00 bits per heavy atom. The van der Waals surface area contributed by atoms with Gasteiger partial charge in [-0.15, -0.1) is 11.3 Å². The summed E-state index contributed by atoms with van der Waals surface area (Å²) in [7, 11) is 0. The number of nitrogens with one attached hydrogen (secondary N) is 1. The number of benzene rings is 1. The molecule has 0 unspecified atom stereocenters. The Morgan fingerprint density at radius 1 is 1.14 bits per heavy atom. The summed E-state index contributed by atoms with van der Waals surface area (Å²) in [6, 6.07) is 14.2. The van der Waals surface area contributed by atoms with Gasteiger partial charge in [-0.1, -0.05) is 0 Å². The number of nitrogens with zero attached hydrogens (tertiary/aromatic N) is 4. The number of ether oxygens (including phenoxy) is 1. The maximum atomic E-state index is 13.2. The van der Waals surface area contributed by atoms with E-state index in [9.17, 15) is 10.1 Å². The van der Waals surface area contributed by atoms with E-state index < -0.39 is 0 Å². The molecule has 5 rings (SSSR count). The van der Waals surface area contributed by atoms with Crippen molar-refractivity contribution in [3.63, 3.8) is 0 Å². The van der Waals surface area contributed by atoms with Crippen LogP contribution in [0.2, 0.25) is 0 Å². The molecule has 0 saturated carbocycles. The van der Waals surface area contributed by atoms with Gasteiger partial charge in [-0.3, -0.25) is 4.79 Å². The first-order chi connectivity index (χ1) is 16.9. The van der Waals surface area contributed by atoms with Crippen LogP contribution in [0.15, 0.2) is 59.3 Å². The van der Waals surface area contributed by atoms with Gasteiger partial charge in [-0.05, 0) is 74.4 Å². The predicted octanol–water partition coefficient (Wildman–Crippen LogP) is 6.19. The number of aromatic nitrogens is 3. The van der Waals surface area contributed by atoms with Crippen molar-refractivity contribution in [2.24, 2.45) is 0 Å². The van der Waals surface area contributed by atoms with Crippen LogP contribution in [0.3, 0.4) is 0 Å². The SMILES string of the molecule is Cc1cc(Oc2ncccc2C#N)ccc1NC(=O)c1sc2nc(-c3ccco3)nc(C)c2c1C. The lowest BCUT2D eigenvalue weighted by Gasteiger charge is -2.11. The molecule has 0 fully saturated rings. The van der Waals surface area contributed by atoms with Crippen LogP contribution in [0.1, 0.15) is 32.1 Å². The molecule has 8 nitrogen and oxygen atoms in total. The molecule has 0 bridgehead atoms. The van der Waals surface area contributed by atoms with E-state index in [1.807, 2.05) is 20.8 Å². The number of nitriles is 1. The minimum absolute atomic E-state index is 0.224. The van der Waals surface area contributed by atoms with Gasteiger partial charge in [-0.25, -0.2) is 15.0 Å². The van der Waals surface area contributed by atoms with Crippen molar-refractivity contribution in [2.45, 2.75) is 20.8 Å². The smallest absolute Gasteiger partial charge is 0.266 e. The summed E-state index contributed by atoms with van der Waals surface area (Å²) in [5.74, 6) is 1.60. The molecule has 9 heteroatoms. The summed E-state index contributed by atoms with van der Waals surface area (Å²) in [5, 5.41) is 13.1. The average Bonchev–Trinajstić information content (AvgIpc) is 3.50. The fourth-order valence-corrected chi connectivity index (χ4v) is 4.89. The second-order valence-electron chi connectivity index (χ2n) is 7.85. The highest BCUT2D eigenvalue weighted by molar-refractivity contribution is 7.20. The largest absolute Gasteiger partial charge is 0.461 e. The summed E-state index contributed by atoms with van der Waals surface area (Å²) >= 11 is 1.32. The fourth-order valence-electron chi connectivity index (χ4n) is 3.76. The zero-order chi connectivity index (χ0) is 24.5. The number of amides is 1. The number of furan rings is 1. The van der Waals surface area contributed by atoms with Crippen molar-refractivity contribution in [3.8, 4) is 29.3 Å². The Kier molecular flexibility index (Phi) is 5.73. The van der Waals surface area contributed by atoms with Crippen LogP contribution in [0.5, 0.6) is 11.6 Å². The minimum Gasteiger partial charge on any atom is -0.461 e. The minimum atomic E-state index is -0.224. The number of carbonyl (C=O) groups excluding carboxylic acids is 1. The molecule has 0 radical (unpaired) electrons. The van der Waals surface area contributed by atoms with Crippen molar-refractivity contribution in [1.29, 1.82) is 5.26 Å². The molecule has 4 aromatic heterocycles. The van der Waals surface area contributed by atoms with Gasteiger partial charge in [0.15, 0.2) is 11.6 Å². The number of hydrogen-bond donors (Lipinski definition) is 1. The molecule has 172 valence electrons. The number of hydrogen-bond acceptors (Lipinski definition) is 8. The lowest BCUT2D eigenvalue weighted by Crippen LogP contribution is -2.12. The van der Waals surface area contributed by atoms with Crippen LogP contribution < -0.4 is 10.1 Å². The van der Waals surface area contributed by atoms with Crippen LogP contribution in [-0.2, 0) is 0 Å². The molecule has 1 N–H and O–H groups in total.